The fourth-order valence-electron chi connectivity index (χ4n) is 2.54. The molecular weight excluding hydrogens is 369 g/mol. The molecule has 3 rings (SSSR count). The van der Waals surface area contributed by atoms with Gasteiger partial charge in [-0.1, -0.05) is 67.1 Å². The van der Waals surface area contributed by atoms with E-state index in [9.17, 15) is 14.0 Å². The van der Waals surface area contributed by atoms with Gasteiger partial charge >= 0.3 is 0 Å². The van der Waals surface area contributed by atoms with Gasteiger partial charge in [-0.25, -0.2) is 4.39 Å². The minimum absolute atomic E-state index is 0.224. The van der Waals surface area contributed by atoms with E-state index in [1.807, 2.05) is 0 Å². The lowest BCUT2D eigenvalue weighted by Crippen LogP contribution is -2.23. The molecule has 0 heterocycles. The van der Waals surface area contributed by atoms with E-state index in [0.717, 1.165) is 6.42 Å². The molecule has 0 fully saturated rings. The second kappa shape index (κ2) is 11.4. The number of halogens is 1. The molecule has 1 unspecified atom stereocenters. The third-order valence-corrected chi connectivity index (χ3v) is 4.17. The Balaban J connectivity index is 0.000000278. The Hall–Kier alpha value is -3.47. The number of carbonyl (C=O) groups excluding carboxylic acids is 2. The average molecular weight is 393 g/mol. The van der Waals surface area contributed by atoms with Crippen LogP contribution >= 0.6 is 0 Å². The molecule has 0 bridgehead atoms. The van der Waals surface area contributed by atoms with E-state index in [1.165, 1.54) is 35.4 Å². The monoisotopic (exact) mass is 393 g/mol. The van der Waals surface area contributed by atoms with Crippen LogP contribution in [0, 0.1) is 12.7 Å². The summed E-state index contributed by atoms with van der Waals surface area (Å²) in [6.45, 7) is 4.51. The minimum atomic E-state index is -1.04. The molecule has 1 atom stereocenters. The number of carbonyl (C=O) groups is 2. The zero-order valence-corrected chi connectivity index (χ0v) is 16.5. The number of benzene rings is 3. The van der Waals surface area contributed by atoms with Gasteiger partial charge in [-0.2, -0.15) is 0 Å². The molecule has 1 amide bonds. The van der Waals surface area contributed by atoms with Gasteiger partial charge in [0.1, 0.15) is 5.82 Å². The molecule has 3 aromatic carbocycles. The molecule has 0 aliphatic heterocycles. The molecule has 0 spiro atoms. The Morgan fingerprint density at radius 2 is 1.62 bits per heavy atom. The summed E-state index contributed by atoms with van der Waals surface area (Å²) in [7, 11) is 0. The number of amides is 1. The summed E-state index contributed by atoms with van der Waals surface area (Å²) < 4.78 is 17.6. The molecule has 0 aromatic heterocycles. The molecule has 1 N–H and O–H groups in total. The Labute approximate surface area is 170 Å². The molecule has 3 aromatic rings. The lowest BCUT2D eigenvalue weighted by Gasteiger charge is -2.15. The van der Waals surface area contributed by atoms with E-state index in [4.69, 9.17) is 4.74 Å². The van der Waals surface area contributed by atoms with E-state index >= 15 is 0 Å². The van der Waals surface area contributed by atoms with Crippen molar-refractivity contribution in [3.63, 3.8) is 0 Å². The van der Waals surface area contributed by atoms with Crippen LogP contribution in [-0.4, -0.2) is 12.4 Å². The summed E-state index contributed by atoms with van der Waals surface area (Å²) in [6.07, 6.45) is 0.0963. The van der Waals surface area contributed by atoms with E-state index < -0.39 is 17.8 Å². The Kier molecular flexibility index (Phi) is 8.57. The fourth-order valence-corrected chi connectivity index (χ4v) is 2.54. The van der Waals surface area contributed by atoms with Crippen LogP contribution in [0.5, 0.6) is 0 Å². The van der Waals surface area contributed by atoms with Gasteiger partial charge in [0.15, 0.2) is 0 Å². The van der Waals surface area contributed by atoms with Crippen molar-refractivity contribution >= 4 is 18.1 Å². The summed E-state index contributed by atoms with van der Waals surface area (Å²) >= 11 is 0. The molecule has 150 valence electrons. The van der Waals surface area contributed by atoms with Crippen LogP contribution in [0.3, 0.4) is 0 Å². The first-order valence-corrected chi connectivity index (χ1v) is 9.29. The van der Waals surface area contributed by atoms with Crippen molar-refractivity contribution in [1.82, 2.24) is 0 Å². The highest BCUT2D eigenvalue weighted by molar-refractivity contribution is 5.95. The van der Waals surface area contributed by atoms with Crippen LogP contribution in [0.4, 0.5) is 10.1 Å². The van der Waals surface area contributed by atoms with Gasteiger partial charge in [-0.3, -0.25) is 9.59 Å². The van der Waals surface area contributed by atoms with Gasteiger partial charge in [0.05, 0.1) is 0 Å². The minimum Gasteiger partial charge on any atom is -0.449 e. The lowest BCUT2D eigenvalue weighted by atomic mass is 10.1. The summed E-state index contributed by atoms with van der Waals surface area (Å²) in [5, 5.41) is 2.56. The standard InChI is InChI=1S/C15H12FNO3.C9H12/c16-12-6-8-13(9-7-12)17-15(19)14(20-10-18)11-4-2-1-3-5-11;1-3-9-6-4-8(2)5-7-9/h1-10,14H,(H,17,19);4-7H,3H2,1-2H3. The molecular formula is C24H24FNO3. The van der Waals surface area contributed by atoms with E-state index in [-0.39, 0.29) is 6.47 Å². The highest BCUT2D eigenvalue weighted by atomic mass is 19.1. The second-order valence-corrected chi connectivity index (χ2v) is 6.36. The highest BCUT2D eigenvalue weighted by Crippen LogP contribution is 2.19. The first-order valence-electron chi connectivity index (χ1n) is 9.29. The Morgan fingerprint density at radius 3 is 2.17 bits per heavy atom. The summed E-state index contributed by atoms with van der Waals surface area (Å²) in [6, 6.07) is 22.6. The van der Waals surface area contributed by atoms with Crippen molar-refractivity contribution in [2.24, 2.45) is 0 Å². The Bertz CT molecular complexity index is 894. The van der Waals surface area contributed by atoms with E-state index in [0.29, 0.717) is 11.3 Å². The molecule has 0 radical (unpaired) electrons. The maximum absolute atomic E-state index is 12.8. The van der Waals surface area contributed by atoms with Crippen molar-refractivity contribution in [3.8, 4) is 0 Å². The van der Waals surface area contributed by atoms with Gasteiger partial charge in [-0.15, -0.1) is 0 Å². The summed E-state index contributed by atoms with van der Waals surface area (Å²) in [4.78, 5) is 22.6. The van der Waals surface area contributed by atoms with Gasteiger partial charge in [0.2, 0.25) is 6.10 Å². The van der Waals surface area contributed by atoms with Gasteiger partial charge in [-0.05, 0) is 43.2 Å². The molecule has 0 aliphatic carbocycles. The molecule has 0 aliphatic rings. The van der Waals surface area contributed by atoms with Crippen LogP contribution in [0.25, 0.3) is 0 Å². The first kappa shape index (κ1) is 21.8. The fraction of sp³-hybridized carbons (Fsp3) is 0.167. The van der Waals surface area contributed by atoms with E-state index in [1.54, 1.807) is 30.3 Å². The largest absolute Gasteiger partial charge is 0.449 e. The maximum atomic E-state index is 12.8. The van der Waals surface area contributed by atoms with Crippen molar-refractivity contribution in [2.45, 2.75) is 26.4 Å². The maximum Gasteiger partial charge on any atom is 0.294 e. The molecule has 0 saturated heterocycles. The predicted octanol–water partition coefficient (Wildman–Crippen LogP) is 5.24. The predicted molar refractivity (Wildman–Crippen MR) is 112 cm³/mol. The van der Waals surface area contributed by atoms with Crippen LogP contribution < -0.4 is 5.32 Å². The molecule has 0 saturated carbocycles. The second-order valence-electron chi connectivity index (χ2n) is 6.36. The SMILES string of the molecule is CCc1ccc(C)cc1.O=COC(C(=O)Nc1ccc(F)cc1)c1ccccc1. The van der Waals surface area contributed by atoms with Gasteiger partial charge in [0, 0.05) is 11.3 Å². The van der Waals surface area contributed by atoms with Crippen LogP contribution in [0.15, 0.2) is 78.9 Å². The topological polar surface area (TPSA) is 55.4 Å². The zero-order chi connectivity index (χ0) is 21.1. The molecule has 5 heteroatoms. The average Bonchev–Trinajstić information content (AvgIpc) is 2.75. The quantitative estimate of drug-likeness (QED) is 0.583. The number of anilines is 1. The van der Waals surface area contributed by atoms with Crippen molar-refractivity contribution in [2.75, 3.05) is 5.32 Å². The third kappa shape index (κ3) is 7.22. The number of hydrogen-bond donors (Lipinski definition) is 1. The van der Waals surface area contributed by atoms with Crippen molar-refractivity contribution in [3.05, 3.63) is 101 Å². The Morgan fingerprint density at radius 1 is 1.00 bits per heavy atom. The number of ether oxygens (including phenoxy) is 1. The number of rotatable bonds is 6. The van der Waals surface area contributed by atoms with Gasteiger partial charge in [0.25, 0.3) is 12.4 Å². The number of hydrogen-bond acceptors (Lipinski definition) is 3. The van der Waals surface area contributed by atoms with Crippen molar-refractivity contribution in [1.29, 1.82) is 0 Å². The van der Waals surface area contributed by atoms with Crippen LogP contribution in [0.2, 0.25) is 0 Å². The number of aryl methyl sites for hydroxylation is 2. The van der Waals surface area contributed by atoms with Crippen molar-refractivity contribution < 1.29 is 18.7 Å². The lowest BCUT2D eigenvalue weighted by molar-refractivity contribution is -0.142. The third-order valence-electron chi connectivity index (χ3n) is 4.17. The normalized spacial score (nSPS) is 10.9. The first-order chi connectivity index (χ1) is 14.0. The molecule has 4 nitrogen and oxygen atoms in total. The number of nitrogens with one attached hydrogen (secondary N) is 1. The molecule has 29 heavy (non-hydrogen) atoms. The zero-order valence-electron chi connectivity index (χ0n) is 16.5. The summed E-state index contributed by atoms with van der Waals surface area (Å²) in [5.41, 5.74) is 3.74. The van der Waals surface area contributed by atoms with Crippen LogP contribution in [0.1, 0.15) is 29.7 Å². The van der Waals surface area contributed by atoms with E-state index in [2.05, 4.69) is 43.4 Å². The smallest absolute Gasteiger partial charge is 0.294 e. The summed E-state index contributed by atoms with van der Waals surface area (Å²) in [5.74, 6) is -0.901. The van der Waals surface area contributed by atoms with Crippen LogP contribution in [-0.2, 0) is 20.7 Å². The highest BCUT2D eigenvalue weighted by Gasteiger charge is 2.21. The van der Waals surface area contributed by atoms with Gasteiger partial charge < -0.3 is 10.1 Å².